The molecule has 1 saturated heterocycles. The highest BCUT2D eigenvalue weighted by Crippen LogP contribution is 2.39. The van der Waals surface area contributed by atoms with Gasteiger partial charge in [0.25, 0.3) is 0 Å². The Morgan fingerprint density at radius 1 is 1.37 bits per heavy atom. The number of aliphatic hydroxyl groups excluding tert-OH is 1. The molecule has 1 aliphatic heterocycles. The van der Waals surface area contributed by atoms with E-state index in [2.05, 4.69) is 6.92 Å². The minimum Gasteiger partial charge on any atom is -0.497 e. The third kappa shape index (κ3) is 2.85. The molecule has 3 atom stereocenters. The van der Waals surface area contributed by atoms with Gasteiger partial charge in [0.1, 0.15) is 11.5 Å². The minimum absolute atomic E-state index is 0.117. The van der Waals surface area contributed by atoms with Gasteiger partial charge in [-0.05, 0) is 31.0 Å². The van der Waals surface area contributed by atoms with Crippen LogP contribution in [0.2, 0.25) is 0 Å². The van der Waals surface area contributed by atoms with Crippen LogP contribution >= 0.6 is 0 Å². The molecule has 0 spiro atoms. The highest BCUT2D eigenvalue weighted by molar-refractivity contribution is 5.42. The van der Waals surface area contributed by atoms with Crippen molar-refractivity contribution in [2.75, 3.05) is 20.8 Å². The molecule has 2 rings (SSSR count). The second kappa shape index (κ2) is 6.26. The third-order valence-electron chi connectivity index (χ3n) is 3.82. The second-order valence-corrected chi connectivity index (χ2v) is 4.82. The monoisotopic (exact) mass is 266 g/mol. The topological polar surface area (TPSA) is 47.9 Å². The summed E-state index contributed by atoms with van der Waals surface area (Å²) < 4.78 is 16.2. The van der Waals surface area contributed by atoms with Crippen LogP contribution in [-0.2, 0) is 4.74 Å². The summed E-state index contributed by atoms with van der Waals surface area (Å²) in [7, 11) is 3.23. The SMILES string of the molecule is CCC1OCCC1C(O)c1cc(OC)ccc1OC. The summed E-state index contributed by atoms with van der Waals surface area (Å²) in [6, 6.07) is 5.50. The van der Waals surface area contributed by atoms with E-state index in [1.807, 2.05) is 18.2 Å². The molecule has 1 heterocycles. The Morgan fingerprint density at radius 2 is 2.16 bits per heavy atom. The maximum atomic E-state index is 10.6. The summed E-state index contributed by atoms with van der Waals surface area (Å²) in [5, 5.41) is 10.6. The summed E-state index contributed by atoms with van der Waals surface area (Å²) >= 11 is 0. The van der Waals surface area contributed by atoms with Crippen LogP contribution in [0.3, 0.4) is 0 Å². The lowest BCUT2D eigenvalue weighted by atomic mass is 9.88. The van der Waals surface area contributed by atoms with E-state index in [0.29, 0.717) is 12.4 Å². The quantitative estimate of drug-likeness (QED) is 0.889. The van der Waals surface area contributed by atoms with Crippen LogP contribution in [-0.4, -0.2) is 32.0 Å². The van der Waals surface area contributed by atoms with Crippen LogP contribution in [0, 0.1) is 5.92 Å². The zero-order chi connectivity index (χ0) is 13.8. The molecule has 4 heteroatoms. The molecule has 0 radical (unpaired) electrons. The summed E-state index contributed by atoms with van der Waals surface area (Å²) in [6.45, 7) is 2.80. The first-order valence-electron chi connectivity index (χ1n) is 6.72. The highest BCUT2D eigenvalue weighted by atomic mass is 16.5. The fourth-order valence-corrected chi connectivity index (χ4v) is 2.75. The molecule has 0 amide bonds. The summed E-state index contributed by atoms with van der Waals surface area (Å²) in [4.78, 5) is 0. The van der Waals surface area contributed by atoms with E-state index in [9.17, 15) is 5.11 Å². The molecule has 106 valence electrons. The van der Waals surface area contributed by atoms with Crippen molar-refractivity contribution in [2.45, 2.75) is 32.0 Å². The van der Waals surface area contributed by atoms with Crippen LogP contribution in [0.15, 0.2) is 18.2 Å². The zero-order valence-electron chi connectivity index (χ0n) is 11.8. The molecular weight excluding hydrogens is 244 g/mol. The molecule has 0 aliphatic carbocycles. The van der Waals surface area contributed by atoms with E-state index < -0.39 is 6.10 Å². The number of aliphatic hydroxyl groups is 1. The first kappa shape index (κ1) is 14.2. The standard InChI is InChI=1S/C15H22O4/c1-4-13-11(7-8-19-13)15(16)12-9-10(17-2)5-6-14(12)18-3/h5-6,9,11,13,15-16H,4,7-8H2,1-3H3. The summed E-state index contributed by atoms with van der Waals surface area (Å²) in [6.07, 6.45) is 1.32. The lowest BCUT2D eigenvalue weighted by Gasteiger charge is -2.24. The fourth-order valence-electron chi connectivity index (χ4n) is 2.75. The average molecular weight is 266 g/mol. The van der Waals surface area contributed by atoms with Gasteiger partial charge in [-0.15, -0.1) is 0 Å². The van der Waals surface area contributed by atoms with Gasteiger partial charge in [0.15, 0.2) is 0 Å². The highest BCUT2D eigenvalue weighted by Gasteiger charge is 2.34. The van der Waals surface area contributed by atoms with Gasteiger partial charge in [-0.1, -0.05) is 6.92 Å². The molecule has 1 aromatic rings. The third-order valence-corrected chi connectivity index (χ3v) is 3.82. The molecule has 19 heavy (non-hydrogen) atoms. The van der Waals surface area contributed by atoms with Gasteiger partial charge in [0.2, 0.25) is 0 Å². The molecule has 4 nitrogen and oxygen atoms in total. The van der Waals surface area contributed by atoms with Gasteiger partial charge in [-0.2, -0.15) is 0 Å². The van der Waals surface area contributed by atoms with Crippen LogP contribution < -0.4 is 9.47 Å². The van der Waals surface area contributed by atoms with E-state index in [-0.39, 0.29) is 12.0 Å². The molecule has 1 fully saturated rings. The first-order valence-corrected chi connectivity index (χ1v) is 6.72. The maximum absolute atomic E-state index is 10.6. The number of hydrogen-bond acceptors (Lipinski definition) is 4. The molecule has 1 aromatic carbocycles. The van der Waals surface area contributed by atoms with Gasteiger partial charge >= 0.3 is 0 Å². The Labute approximate surface area is 114 Å². The number of ether oxygens (including phenoxy) is 3. The Kier molecular flexibility index (Phi) is 4.66. The van der Waals surface area contributed by atoms with Crippen LogP contribution in [0.25, 0.3) is 0 Å². The molecule has 1 N–H and O–H groups in total. The van der Waals surface area contributed by atoms with E-state index >= 15 is 0 Å². The predicted molar refractivity (Wildman–Crippen MR) is 72.6 cm³/mol. The van der Waals surface area contributed by atoms with Crippen molar-refractivity contribution >= 4 is 0 Å². The van der Waals surface area contributed by atoms with Crippen molar-refractivity contribution in [1.82, 2.24) is 0 Å². The van der Waals surface area contributed by atoms with Gasteiger partial charge in [-0.25, -0.2) is 0 Å². The molecule has 1 aliphatic rings. The van der Waals surface area contributed by atoms with Gasteiger partial charge in [0.05, 0.1) is 26.4 Å². The molecular formula is C15H22O4. The number of methoxy groups -OCH3 is 2. The number of hydrogen-bond donors (Lipinski definition) is 1. The van der Waals surface area contributed by atoms with Crippen LogP contribution in [0.1, 0.15) is 31.4 Å². The van der Waals surface area contributed by atoms with Crippen LogP contribution in [0.4, 0.5) is 0 Å². The smallest absolute Gasteiger partial charge is 0.124 e. The number of rotatable bonds is 5. The summed E-state index contributed by atoms with van der Waals surface area (Å²) in [5.74, 6) is 1.53. The molecule has 3 unspecified atom stereocenters. The van der Waals surface area contributed by atoms with Crippen molar-refractivity contribution in [1.29, 1.82) is 0 Å². The lowest BCUT2D eigenvalue weighted by Crippen LogP contribution is -2.22. The largest absolute Gasteiger partial charge is 0.497 e. The normalized spacial score (nSPS) is 24.2. The van der Waals surface area contributed by atoms with Gasteiger partial charge in [-0.3, -0.25) is 0 Å². The number of benzene rings is 1. The van der Waals surface area contributed by atoms with Gasteiger partial charge in [0, 0.05) is 18.1 Å². The minimum atomic E-state index is -0.586. The van der Waals surface area contributed by atoms with Gasteiger partial charge < -0.3 is 19.3 Å². The van der Waals surface area contributed by atoms with Crippen molar-refractivity contribution in [3.05, 3.63) is 23.8 Å². The molecule has 0 saturated carbocycles. The van der Waals surface area contributed by atoms with Crippen molar-refractivity contribution in [3.63, 3.8) is 0 Å². The van der Waals surface area contributed by atoms with Crippen LogP contribution in [0.5, 0.6) is 11.5 Å². The zero-order valence-corrected chi connectivity index (χ0v) is 11.8. The van der Waals surface area contributed by atoms with E-state index in [4.69, 9.17) is 14.2 Å². The fraction of sp³-hybridized carbons (Fsp3) is 0.600. The van der Waals surface area contributed by atoms with Crippen molar-refractivity contribution in [2.24, 2.45) is 5.92 Å². The molecule has 0 aromatic heterocycles. The Hall–Kier alpha value is -1.26. The van der Waals surface area contributed by atoms with Crippen molar-refractivity contribution in [3.8, 4) is 11.5 Å². The van der Waals surface area contributed by atoms with E-state index in [0.717, 1.165) is 24.2 Å². The Balaban J connectivity index is 2.28. The molecule has 0 bridgehead atoms. The maximum Gasteiger partial charge on any atom is 0.124 e. The second-order valence-electron chi connectivity index (χ2n) is 4.82. The van der Waals surface area contributed by atoms with E-state index in [1.165, 1.54) is 0 Å². The summed E-state index contributed by atoms with van der Waals surface area (Å²) in [5.41, 5.74) is 0.774. The average Bonchev–Trinajstić information content (AvgIpc) is 2.94. The lowest BCUT2D eigenvalue weighted by molar-refractivity contribution is 0.0297. The van der Waals surface area contributed by atoms with E-state index in [1.54, 1.807) is 14.2 Å². The predicted octanol–water partition coefficient (Wildman–Crippen LogP) is 2.55. The first-order chi connectivity index (χ1) is 9.21. The Bertz CT molecular complexity index is 419. The van der Waals surface area contributed by atoms with Crippen molar-refractivity contribution < 1.29 is 19.3 Å². The Morgan fingerprint density at radius 3 is 2.79 bits per heavy atom.